The molecule has 0 bridgehead atoms. The molecular weight excluding hydrogens is 554 g/mol. The van der Waals surface area contributed by atoms with Gasteiger partial charge in [-0.1, -0.05) is 23.7 Å². The average Bonchev–Trinajstić information content (AvgIpc) is 2.89. The highest BCUT2D eigenvalue weighted by molar-refractivity contribution is 7.92. The van der Waals surface area contributed by atoms with Crippen molar-refractivity contribution in [2.24, 2.45) is 0 Å². The standard InChI is InChI=1S/C25H26ClN3O7S2/c1-18(30)27-21-5-9-22(10-6-21)37(31,32)28-24-16-20(26)4-11-25(24)36-17-19-2-7-23(8-3-19)38(33,34)29-12-14-35-15-13-29/h2-11,16,28H,12-15,17H2,1H3,(H,27,30). The second kappa shape index (κ2) is 11.7. The largest absolute Gasteiger partial charge is 0.487 e. The number of hydrogen-bond donors (Lipinski definition) is 2. The van der Waals surface area contributed by atoms with Crippen molar-refractivity contribution in [3.8, 4) is 5.75 Å². The van der Waals surface area contributed by atoms with Crippen LogP contribution >= 0.6 is 11.6 Å². The van der Waals surface area contributed by atoms with Crippen LogP contribution < -0.4 is 14.8 Å². The Hall–Kier alpha value is -3.16. The molecule has 1 fully saturated rings. The molecule has 10 nitrogen and oxygen atoms in total. The Morgan fingerprint density at radius 1 is 0.947 bits per heavy atom. The summed E-state index contributed by atoms with van der Waals surface area (Å²) in [5, 5.41) is 2.88. The van der Waals surface area contributed by atoms with Crippen molar-refractivity contribution in [1.29, 1.82) is 0 Å². The van der Waals surface area contributed by atoms with E-state index < -0.39 is 20.0 Å². The number of carbonyl (C=O) groups excluding carboxylic acids is 1. The minimum atomic E-state index is -4.00. The van der Waals surface area contributed by atoms with Gasteiger partial charge >= 0.3 is 0 Å². The topological polar surface area (TPSA) is 131 Å². The van der Waals surface area contributed by atoms with Crippen LogP contribution in [0.3, 0.4) is 0 Å². The van der Waals surface area contributed by atoms with Gasteiger partial charge < -0.3 is 14.8 Å². The first-order chi connectivity index (χ1) is 18.0. The van der Waals surface area contributed by atoms with E-state index in [2.05, 4.69) is 10.0 Å². The molecule has 1 aliphatic rings. The van der Waals surface area contributed by atoms with E-state index in [1.165, 1.54) is 59.8 Å². The number of benzene rings is 3. The molecule has 2 N–H and O–H groups in total. The zero-order chi connectivity index (χ0) is 27.3. The monoisotopic (exact) mass is 579 g/mol. The highest BCUT2D eigenvalue weighted by Gasteiger charge is 2.26. The Morgan fingerprint density at radius 2 is 1.58 bits per heavy atom. The number of nitrogens with zero attached hydrogens (tertiary/aromatic N) is 1. The third-order valence-electron chi connectivity index (χ3n) is 5.60. The molecule has 3 aromatic rings. The predicted octanol–water partition coefficient (Wildman–Crippen LogP) is 3.70. The van der Waals surface area contributed by atoms with Gasteiger partial charge in [0.1, 0.15) is 12.4 Å². The number of morpholine rings is 1. The molecule has 1 aliphatic heterocycles. The molecule has 1 heterocycles. The molecule has 0 aliphatic carbocycles. The molecule has 0 saturated carbocycles. The number of amides is 1. The number of halogens is 1. The zero-order valence-electron chi connectivity index (χ0n) is 20.4. The van der Waals surface area contributed by atoms with Crippen LogP contribution in [0.5, 0.6) is 5.75 Å². The van der Waals surface area contributed by atoms with Gasteiger partial charge in [0.2, 0.25) is 15.9 Å². The number of nitrogens with one attached hydrogen (secondary N) is 2. The van der Waals surface area contributed by atoms with Gasteiger partial charge in [-0.2, -0.15) is 4.31 Å². The van der Waals surface area contributed by atoms with Crippen LogP contribution in [0.15, 0.2) is 76.5 Å². The van der Waals surface area contributed by atoms with Crippen molar-refractivity contribution < 1.29 is 31.1 Å². The predicted molar refractivity (Wildman–Crippen MR) is 143 cm³/mol. The van der Waals surface area contributed by atoms with Crippen LogP contribution in [0.4, 0.5) is 11.4 Å². The van der Waals surface area contributed by atoms with E-state index in [-0.39, 0.29) is 33.7 Å². The maximum Gasteiger partial charge on any atom is 0.262 e. The Kier molecular flexibility index (Phi) is 8.58. The summed E-state index contributed by atoms with van der Waals surface area (Å²) < 4.78 is 66.5. The van der Waals surface area contributed by atoms with Crippen LogP contribution in [0.25, 0.3) is 0 Å². The summed E-state index contributed by atoms with van der Waals surface area (Å²) in [6.07, 6.45) is 0. The van der Waals surface area contributed by atoms with Crippen LogP contribution in [-0.4, -0.2) is 53.4 Å². The number of sulfonamides is 2. The minimum absolute atomic E-state index is 0.0189. The molecule has 0 spiro atoms. The van der Waals surface area contributed by atoms with E-state index in [0.717, 1.165) is 0 Å². The van der Waals surface area contributed by atoms with E-state index in [0.29, 0.717) is 42.6 Å². The smallest absolute Gasteiger partial charge is 0.262 e. The number of hydrogen-bond acceptors (Lipinski definition) is 7. The summed E-state index contributed by atoms with van der Waals surface area (Å²) in [7, 11) is -7.61. The summed E-state index contributed by atoms with van der Waals surface area (Å²) in [6, 6.07) is 16.5. The molecule has 0 aromatic heterocycles. The van der Waals surface area contributed by atoms with E-state index in [9.17, 15) is 21.6 Å². The number of carbonyl (C=O) groups is 1. The van der Waals surface area contributed by atoms with Crippen molar-refractivity contribution >= 4 is 48.9 Å². The van der Waals surface area contributed by atoms with E-state index in [1.54, 1.807) is 18.2 Å². The first kappa shape index (κ1) is 27.9. The van der Waals surface area contributed by atoms with Crippen LogP contribution in [0.2, 0.25) is 5.02 Å². The fraction of sp³-hybridized carbons (Fsp3) is 0.240. The lowest BCUT2D eigenvalue weighted by atomic mass is 10.2. The van der Waals surface area contributed by atoms with Gasteiger partial charge in [0.25, 0.3) is 10.0 Å². The Balaban J connectivity index is 1.46. The lowest BCUT2D eigenvalue weighted by Crippen LogP contribution is -2.40. The zero-order valence-corrected chi connectivity index (χ0v) is 22.8. The molecule has 3 aromatic carbocycles. The van der Waals surface area contributed by atoms with E-state index in [4.69, 9.17) is 21.1 Å². The molecule has 4 rings (SSSR count). The summed E-state index contributed by atoms with van der Waals surface area (Å²) >= 11 is 6.10. The van der Waals surface area contributed by atoms with Crippen LogP contribution in [-0.2, 0) is 36.2 Å². The summed E-state index contributed by atoms with van der Waals surface area (Å²) in [5.74, 6) is -0.0364. The quantitative estimate of drug-likeness (QED) is 0.395. The molecule has 0 unspecified atom stereocenters. The van der Waals surface area contributed by atoms with Crippen molar-refractivity contribution in [1.82, 2.24) is 4.31 Å². The van der Waals surface area contributed by atoms with Gasteiger partial charge in [-0.15, -0.1) is 0 Å². The number of ether oxygens (including phenoxy) is 2. The Bertz CT molecular complexity index is 1510. The highest BCUT2D eigenvalue weighted by Crippen LogP contribution is 2.31. The third-order valence-corrected chi connectivity index (χ3v) is 9.13. The SMILES string of the molecule is CC(=O)Nc1ccc(S(=O)(=O)Nc2cc(Cl)ccc2OCc2ccc(S(=O)(=O)N3CCOCC3)cc2)cc1. The number of rotatable bonds is 9. The van der Waals surface area contributed by atoms with Gasteiger partial charge in [-0.05, 0) is 60.2 Å². The average molecular weight is 580 g/mol. The minimum Gasteiger partial charge on any atom is -0.487 e. The molecule has 0 radical (unpaired) electrons. The third kappa shape index (κ3) is 6.83. The fourth-order valence-corrected chi connectivity index (χ4v) is 6.33. The number of anilines is 2. The van der Waals surface area contributed by atoms with Gasteiger partial charge in [0.15, 0.2) is 0 Å². The normalized spacial score (nSPS) is 14.6. The van der Waals surface area contributed by atoms with E-state index >= 15 is 0 Å². The van der Waals surface area contributed by atoms with Crippen molar-refractivity contribution in [3.05, 3.63) is 77.3 Å². The summed E-state index contributed by atoms with van der Waals surface area (Å²) in [6.45, 7) is 2.75. The first-order valence-corrected chi connectivity index (χ1v) is 14.8. The Labute approximate surface area is 226 Å². The van der Waals surface area contributed by atoms with Gasteiger partial charge in [-0.3, -0.25) is 9.52 Å². The lowest BCUT2D eigenvalue weighted by Gasteiger charge is -2.26. The van der Waals surface area contributed by atoms with Crippen LogP contribution in [0, 0.1) is 0 Å². The van der Waals surface area contributed by atoms with Gasteiger partial charge in [0, 0.05) is 30.7 Å². The van der Waals surface area contributed by atoms with E-state index in [1.807, 2.05) is 0 Å². The molecular formula is C25H26ClN3O7S2. The van der Waals surface area contributed by atoms with Crippen molar-refractivity contribution in [2.75, 3.05) is 36.3 Å². The summed E-state index contributed by atoms with van der Waals surface area (Å²) in [5.41, 5.74) is 1.28. The highest BCUT2D eigenvalue weighted by atomic mass is 35.5. The molecule has 13 heteroatoms. The fourth-order valence-electron chi connectivity index (χ4n) is 3.69. The van der Waals surface area contributed by atoms with Crippen LogP contribution in [0.1, 0.15) is 12.5 Å². The molecule has 1 saturated heterocycles. The second-order valence-electron chi connectivity index (χ2n) is 8.40. The molecule has 38 heavy (non-hydrogen) atoms. The van der Waals surface area contributed by atoms with Crippen molar-refractivity contribution in [2.45, 2.75) is 23.3 Å². The van der Waals surface area contributed by atoms with Crippen molar-refractivity contribution in [3.63, 3.8) is 0 Å². The first-order valence-electron chi connectivity index (χ1n) is 11.5. The molecule has 1 amide bonds. The summed E-state index contributed by atoms with van der Waals surface area (Å²) in [4.78, 5) is 11.3. The molecule has 0 atom stereocenters. The van der Waals surface area contributed by atoms with Gasteiger partial charge in [0.05, 0.1) is 28.7 Å². The maximum absolute atomic E-state index is 13.0. The molecule has 202 valence electrons. The second-order valence-corrected chi connectivity index (χ2v) is 12.5. The van der Waals surface area contributed by atoms with Gasteiger partial charge in [-0.25, -0.2) is 16.8 Å². The maximum atomic E-state index is 13.0. The Morgan fingerprint density at radius 3 is 2.21 bits per heavy atom. The lowest BCUT2D eigenvalue weighted by molar-refractivity contribution is -0.114.